The number of aryl methyl sites for hydroxylation is 1. The second-order valence-electron chi connectivity index (χ2n) is 9.54. The summed E-state index contributed by atoms with van der Waals surface area (Å²) in [5, 5.41) is 12.4. The highest BCUT2D eigenvalue weighted by Gasteiger charge is 2.30. The molecule has 1 fully saturated rings. The van der Waals surface area contributed by atoms with Crippen molar-refractivity contribution in [3.63, 3.8) is 0 Å². The number of carbonyl (C=O) groups excluding carboxylic acids is 1. The van der Waals surface area contributed by atoms with E-state index in [0.717, 1.165) is 24.3 Å². The Morgan fingerprint density at radius 1 is 1.15 bits per heavy atom. The van der Waals surface area contributed by atoms with Crippen LogP contribution in [-0.4, -0.2) is 51.2 Å². The first-order valence-electron chi connectivity index (χ1n) is 12.7. The fourth-order valence-corrected chi connectivity index (χ4v) is 6.78. The molecule has 0 bridgehead atoms. The van der Waals surface area contributed by atoms with Gasteiger partial charge in [-0.15, -0.1) is 0 Å². The van der Waals surface area contributed by atoms with Crippen LogP contribution in [0.1, 0.15) is 36.2 Å². The summed E-state index contributed by atoms with van der Waals surface area (Å²) in [6.45, 7) is 6.63. The molecule has 206 valence electrons. The summed E-state index contributed by atoms with van der Waals surface area (Å²) in [5.41, 5.74) is 2.83. The Morgan fingerprint density at radius 2 is 1.90 bits per heavy atom. The number of carbonyl (C=O) groups is 1. The largest absolute Gasteiger partial charge is 0.378 e. The molecular formula is C28H32ClN5O4S. The van der Waals surface area contributed by atoms with Gasteiger partial charge >= 0.3 is 0 Å². The van der Waals surface area contributed by atoms with E-state index < -0.39 is 22.0 Å². The normalized spacial score (nSPS) is 15.4. The smallest absolute Gasteiger partial charge is 0.243 e. The van der Waals surface area contributed by atoms with Crippen LogP contribution in [0.2, 0.25) is 5.02 Å². The van der Waals surface area contributed by atoms with Crippen LogP contribution >= 0.6 is 11.6 Å². The summed E-state index contributed by atoms with van der Waals surface area (Å²) in [7, 11) is -4.14. The number of hydrogen-bond acceptors (Lipinski definition) is 6. The lowest BCUT2D eigenvalue weighted by Crippen LogP contribution is -2.47. The number of benzene rings is 2. The molecule has 2 unspecified atom stereocenters. The van der Waals surface area contributed by atoms with Crippen molar-refractivity contribution in [1.82, 2.24) is 14.6 Å². The molecule has 2 aromatic carbocycles. The number of nitriles is 1. The van der Waals surface area contributed by atoms with Crippen LogP contribution in [0.15, 0.2) is 65.7 Å². The number of sulfonamides is 1. The molecular weight excluding hydrogens is 538 g/mol. The van der Waals surface area contributed by atoms with Crippen molar-refractivity contribution in [3.8, 4) is 6.07 Å². The number of morpholine rings is 1. The van der Waals surface area contributed by atoms with Gasteiger partial charge in [0.05, 0.1) is 18.2 Å². The van der Waals surface area contributed by atoms with E-state index in [1.54, 1.807) is 42.0 Å². The van der Waals surface area contributed by atoms with Crippen LogP contribution in [0.4, 0.5) is 5.69 Å². The molecule has 4 rings (SSSR count). The summed E-state index contributed by atoms with van der Waals surface area (Å²) < 4.78 is 36.6. The summed E-state index contributed by atoms with van der Waals surface area (Å²) >= 11 is 6.25. The van der Waals surface area contributed by atoms with Gasteiger partial charge in [-0.05, 0) is 61.7 Å². The number of anilines is 1. The lowest BCUT2D eigenvalue weighted by molar-refractivity contribution is -0.123. The first-order valence-corrected chi connectivity index (χ1v) is 14.6. The van der Waals surface area contributed by atoms with Crippen LogP contribution in [0, 0.1) is 18.3 Å². The molecule has 2 heterocycles. The standard InChI is InChI=1S/C28H32ClN5O4S/c1-20-6-3-10-25(29)27(20)39(36,37)32-26(16-21(2)34-11-5-9-24(34)18-30)28(35)31-19-22-7-4-8-23(17-22)33-12-14-38-15-13-33/h3-11,17,21,26,32H,12-16,19H2,1-2H3,(H,31,35). The van der Waals surface area contributed by atoms with Crippen LogP contribution in [0.25, 0.3) is 0 Å². The summed E-state index contributed by atoms with van der Waals surface area (Å²) in [4.78, 5) is 15.6. The second kappa shape index (κ2) is 12.7. The fourth-order valence-electron chi connectivity index (χ4n) is 4.74. The van der Waals surface area contributed by atoms with Gasteiger partial charge in [-0.1, -0.05) is 35.9 Å². The average molecular weight is 570 g/mol. The summed E-state index contributed by atoms with van der Waals surface area (Å²) in [5.74, 6) is -0.474. The van der Waals surface area contributed by atoms with Gasteiger partial charge in [0.15, 0.2) is 0 Å². The zero-order chi connectivity index (χ0) is 28.0. The van der Waals surface area contributed by atoms with Gasteiger partial charge < -0.3 is 19.5 Å². The number of rotatable bonds is 10. The maximum Gasteiger partial charge on any atom is 0.243 e. The highest BCUT2D eigenvalue weighted by Crippen LogP contribution is 2.26. The Bertz CT molecular complexity index is 1440. The molecule has 1 aliphatic heterocycles. The van der Waals surface area contributed by atoms with E-state index >= 15 is 0 Å². The van der Waals surface area contributed by atoms with E-state index in [1.165, 1.54) is 6.07 Å². The average Bonchev–Trinajstić information content (AvgIpc) is 3.41. The Labute approximate surface area is 234 Å². The molecule has 1 amide bonds. The number of nitrogens with zero attached hydrogens (tertiary/aromatic N) is 3. The lowest BCUT2D eigenvalue weighted by atomic mass is 10.1. The molecule has 2 atom stereocenters. The highest BCUT2D eigenvalue weighted by molar-refractivity contribution is 7.89. The molecule has 3 aromatic rings. The molecule has 9 nitrogen and oxygen atoms in total. The Hall–Kier alpha value is -3.36. The van der Waals surface area contributed by atoms with Gasteiger partial charge in [0.2, 0.25) is 15.9 Å². The van der Waals surface area contributed by atoms with Crippen molar-refractivity contribution >= 4 is 33.2 Å². The number of aromatic nitrogens is 1. The van der Waals surface area contributed by atoms with E-state index in [0.29, 0.717) is 24.5 Å². The molecule has 0 spiro atoms. The lowest BCUT2D eigenvalue weighted by Gasteiger charge is -2.29. The Balaban J connectivity index is 1.54. The van der Waals surface area contributed by atoms with Crippen molar-refractivity contribution in [2.24, 2.45) is 0 Å². The second-order valence-corrected chi connectivity index (χ2v) is 11.6. The van der Waals surface area contributed by atoms with Crippen LogP contribution in [-0.2, 0) is 26.1 Å². The predicted octanol–water partition coefficient (Wildman–Crippen LogP) is 3.77. The number of nitrogens with one attached hydrogen (secondary N) is 2. The molecule has 2 N–H and O–H groups in total. The Kier molecular flexibility index (Phi) is 9.30. The van der Waals surface area contributed by atoms with Crippen molar-refractivity contribution in [2.75, 3.05) is 31.2 Å². The van der Waals surface area contributed by atoms with E-state index in [9.17, 15) is 18.5 Å². The summed E-state index contributed by atoms with van der Waals surface area (Å²) in [6, 6.07) is 16.8. The predicted molar refractivity (Wildman–Crippen MR) is 150 cm³/mol. The van der Waals surface area contributed by atoms with Gasteiger partial charge in [0, 0.05) is 37.6 Å². The zero-order valence-electron chi connectivity index (χ0n) is 21.9. The molecule has 1 saturated heterocycles. The maximum absolute atomic E-state index is 13.5. The SMILES string of the molecule is Cc1cccc(Cl)c1S(=O)(=O)NC(CC(C)n1cccc1C#N)C(=O)NCc1cccc(N2CCOCC2)c1. The van der Waals surface area contributed by atoms with Crippen LogP contribution in [0.5, 0.6) is 0 Å². The van der Waals surface area contributed by atoms with E-state index in [4.69, 9.17) is 16.3 Å². The number of ether oxygens (including phenoxy) is 1. The number of amides is 1. The third-order valence-corrected chi connectivity index (χ3v) is 8.85. The molecule has 11 heteroatoms. The molecule has 1 aliphatic rings. The first kappa shape index (κ1) is 28.6. The third-order valence-electron chi connectivity index (χ3n) is 6.75. The fraction of sp³-hybridized carbons (Fsp3) is 0.357. The van der Waals surface area contributed by atoms with Gasteiger partial charge in [-0.3, -0.25) is 4.79 Å². The Morgan fingerprint density at radius 3 is 2.62 bits per heavy atom. The number of hydrogen-bond donors (Lipinski definition) is 2. The van der Waals surface area contributed by atoms with E-state index in [1.807, 2.05) is 31.2 Å². The molecule has 1 aromatic heterocycles. The minimum absolute atomic E-state index is 0.0611. The third kappa shape index (κ3) is 6.99. The van der Waals surface area contributed by atoms with Crippen LogP contribution < -0.4 is 14.9 Å². The van der Waals surface area contributed by atoms with Gasteiger partial charge in [-0.2, -0.15) is 9.98 Å². The van der Waals surface area contributed by atoms with Gasteiger partial charge in [-0.25, -0.2) is 8.42 Å². The van der Waals surface area contributed by atoms with E-state index in [2.05, 4.69) is 21.0 Å². The van der Waals surface area contributed by atoms with Gasteiger partial charge in [0.1, 0.15) is 22.7 Å². The van der Waals surface area contributed by atoms with Gasteiger partial charge in [0.25, 0.3) is 0 Å². The first-order chi connectivity index (χ1) is 18.7. The minimum atomic E-state index is -4.14. The van der Waals surface area contributed by atoms with Crippen molar-refractivity contribution in [3.05, 3.63) is 82.6 Å². The number of halogens is 1. The molecule has 0 saturated carbocycles. The van der Waals surface area contributed by atoms with E-state index in [-0.39, 0.29) is 28.9 Å². The summed E-state index contributed by atoms with van der Waals surface area (Å²) in [6.07, 6.45) is 1.85. The highest BCUT2D eigenvalue weighted by atomic mass is 35.5. The van der Waals surface area contributed by atoms with Crippen molar-refractivity contribution in [1.29, 1.82) is 5.26 Å². The topological polar surface area (TPSA) is 116 Å². The van der Waals surface area contributed by atoms with Crippen molar-refractivity contribution in [2.45, 2.75) is 43.8 Å². The molecule has 0 aliphatic carbocycles. The minimum Gasteiger partial charge on any atom is -0.378 e. The molecule has 0 radical (unpaired) electrons. The molecule has 39 heavy (non-hydrogen) atoms. The zero-order valence-corrected chi connectivity index (χ0v) is 23.5. The monoisotopic (exact) mass is 569 g/mol. The quantitative estimate of drug-likeness (QED) is 0.384. The maximum atomic E-state index is 13.5. The van der Waals surface area contributed by atoms with Crippen LogP contribution in [0.3, 0.4) is 0 Å². The van der Waals surface area contributed by atoms with Crippen molar-refractivity contribution < 1.29 is 17.9 Å².